The molecule has 0 aliphatic carbocycles. The number of hydrogen-bond acceptors (Lipinski definition) is 6. The van der Waals surface area contributed by atoms with E-state index in [0.29, 0.717) is 22.5 Å². The summed E-state index contributed by atoms with van der Waals surface area (Å²) in [5.41, 5.74) is -0.755. The van der Waals surface area contributed by atoms with Gasteiger partial charge in [-0.3, -0.25) is 4.79 Å². The van der Waals surface area contributed by atoms with Gasteiger partial charge < -0.3 is 10.6 Å². The van der Waals surface area contributed by atoms with Crippen LogP contribution in [0.1, 0.15) is 43.1 Å². The van der Waals surface area contributed by atoms with Crippen LogP contribution >= 0.6 is 11.8 Å². The standard InChI is InChI=1S/C22H27F3N6OS/c1-4-11-33-21-29-18(27-12-14(2)3)16-13-28-31(19(16)30-21)10-9-26-20(32)15-7-5-6-8-17(15)22(23,24)25/h5-8,13-14H,4,9-12H2,1-3H3,(H,26,32)(H,27,29,30). The van der Waals surface area contributed by atoms with Crippen molar-refractivity contribution in [2.45, 2.75) is 45.1 Å². The van der Waals surface area contributed by atoms with Gasteiger partial charge in [0.05, 0.1) is 29.3 Å². The van der Waals surface area contributed by atoms with Crippen LogP contribution in [0.5, 0.6) is 0 Å². The van der Waals surface area contributed by atoms with Crippen molar-refractivity contribution in [3.8, 4) is 0 Å². The number of amides is 1. The van der Waals surface area contributed by atoms with Crippen molar-refractivity contribution in [2.75, 3.05) is 24.2 Å². The van der Waals surface area contributed by atoms with Gasteiger partial charge in [-0.25, -0.2) is 14.6 Å². The predicted octanol–water partition coefficient (Wildman–Crippen LogP) is 4.85. The molecular weight excluding hydrogens is 453 g/mol. The topological polar surface area (TPSA) is 84.7 Å². The van der Waals surface area contributed by atoms with Gasteiger partial charge in [0.1, 0.15) is 5.82 Å². The van der Waals surface area contributed by atoms with Crippen LogP contribution in [0.4, 0.5) is 19.0 Å². The van der Waals surface area contributed by atoms with Gasteiger partial charge in [-0.2, -0.15) is 18.3 Å². The maximum absolute atomic E-state index is 13.2. The Labute approximate surface area is 194 Å². The molecule has 0 aliphatic heterocycles. The Kier molecular flexibility index (Phi) is 8.17. The van der Waals surface area contributed by atoms with Crippen molar-refractivity contribution >= 4 is 34.5 Å². The van der Waals surface area contributed by atoms with E-state index in [-0.39, 0.29) is 13.1 Å². The summed E-state index contributed by atoms with van der Waals surface area (Å²) in [5, 5.41) is 11.6. The van der Waals surface area contributed by atoms with E-state index in [1.807, 2.05) is 0 Å². The van der Waals surface area contributed by atoms with Crippen molar-refractivity contribution in [1.29, 1.82) is 0 Å². The third-order valence-electron chi connectivity index (χ3n) is 4.68. The summed E-state index contributed by atoms with van der Waals surface area (Å²) in [6, 6.07) is 4.73. The molecule has 0 aliphatic rings. The number of thioether (sulfide) groups is 1. The Morgan fingerprint density at radius 2 is 1.97 bits per heavy atom. The van der Waals surface area contributed by atoms with Crippen molar-refractivity contribution < 1.29 is 18.0 Å². The van der Waals surface area contributed by atoms with Crippen molar-refractivity contribution in [3.05, 3.63) is 41.6 Å². The average molecular weight is 481 g/mol. The predicted molar refractivity (Wildman–Crippen MR) is 123 cm³/mol. The molecule has 178 valence electrons. The lowest BCUT2D eigenvalue weighted by Gasteiger charge is -2.13. The van der Waals surface area contributed by atoms with Gasteiger partial charge in [0.15, 0.2) is 10.8 Å². The molecule has 0 spiro atoms. The quantitative estimate of drug-likeness (QED) is 0.319. The Morgan fingerprint density at radius 1 is 1.21 bits per heavy atom. The summed E-state index contributed by atoms with van der Waals surface area (Å²) in [6.45, 7) is 7.36. The molecule has 3 rings (SSSR count). The van der Waals surface area contributed by atoms with E-state index in [1.165, 1.54) is 18.2 Å². The van der Waals surface area contributed by atoms with E-state index in [0.717, 1.165) is 30.2 Å². The van der Waals surface area contributed by atoms with Crippen LogP contribution in [0.2, 0.25) is 0 Å². The summed E-state index contributed by atoms with van der Waals surface area (Å²) in [6.07, 6.45) is -1.96. The molecule has 1 amide bonds. The molecule has 0 atom stereocenters. The number of hydrogen-bond donors (Lipinski definition) is 2. The number of halogens is 3. The molecule has 11 heteroatoms. The number of alkyl halides is 3. The molecule has 0 saturated carbocycles. The number of rotatable bonds is 10. The number of benzene rings is 1. The highest BCUT2D eigenvalue weighted by Gasteiger charge is 2.34. The molecule has 0 radical (unpaired) electrons. The number of carbonyl (C=O) groups excluding carboxylic acids is 1. The SMILES string of the molecule is CCCSc1nc(NCC(C)C)c2cnn(CCNC(=O)c3ccccc3C(F)(F)F)c2n1. The monoisotopic (exact) mass is 480 g/mol. The first kappa shape index (κ1) is 24.8. The van der Waals surface area contributed by atoms with Gasteiger partial charge in [0.25, 0.3) is 5.91 Å². The van der Waals surface area contributed by atoms with Crippen LogP contribution in [0.15, 0.2) is 35.6 Å². The fourth-order valence-electron chi connectivity index (χ4n) is 3.09. The molecule has 0 saturated heterocycles. The molecule has 0 bridgehead atoms. The van der Waals surface area contributed by atoms with Crippen LogP contribution in [0.3, 0.4) is 0 Å². The minimum absolute atomic E-state index is 0.0952. The molecule has 33 heavy (non-hydrogen) atoms. The van der Waals surface area contributed by atoms with Crippen molar-refractivity contribution in [3.63, 3.8) is 0 Å². The first-order chi connectivity index (χ1) is 15.7. The minimum Gasteiger partial charge on any atom is -0.369 e. The van der Waals surface area contributed by atoms with Crippen LogP contribution < -0.4 is 10.6 Å². The second-order valence-corrected chi connectivity index (χ2v) is 8.94. The van der Waals surface area contributed by atoms with E-state index < -0.39 is 23.2 Å². The summed E-state index contributed by atoms with van der Waals surface area (Å²) in [7, 11) is 0. The Balaban J connectivity index is 1.77. The van der Waals surface area contributed by atoms with E-state index >= 15 is 0 Å². The van der Waals surface area contributed by atoms with Gasteiger partial charge in [-0.15, -0.1) is 0 Å². The summed E-state index contributed by atoms with van der Waals surface area (Å²) < 4.78 is 41.2. The first-order valence-electron chi connectivity index (χ1n) is 10.7. The van der Waals surface area contributed by atoms with E-state index in [9.17, 15) is 18.0 Å². The maximum atomic E-state index is 13.2. The van der Waals surface area contributed by atoms with Crippen LogP contribution in [-0.2, 0) is 12.7 Å². The zero-order valence-corrected chi connectivity index (χ0v) is 19.6. The number of carbonyl (C=O) groups is 1. The fraction of sp³-hybridized carbons (Fsp3) is 0.455. The maximum Gasteiger partial charge on any atom is 0.417 e. The third kappa shape index (κ3) is 6.37. The van der Waals surface area contributed by atoms with E-state index in [2.05, 4.69) is 46.5 Å². The molecule has 1 aromatic carbocycles. The van der Waals surface area contributed by atoms with E-state index in [4.69, 9.17) is 0 Å². The first-order valence-corrected chi connectivity index (χ1v) is 11.7. The van der Waals surface area contributed by atoms with Gasteiger partial charge >= 0.3 is 6.18 Å². The highest BCUT2D eigenvalue weighted by atomic mass is 32.2. The smallest absolute Gasteiger partial charge is 0.369 e. The normalized spacial score (nSPS) is 11.8. The van der Waals surface area contributed by atoms with Crippen LogP contribution in [0.25, 0.3) is 11.0 Å². The Morgan fingerprint density at radius 3 is 2.67 bits per heavy atom. The zero-order chi connectivity index (χ0) is 24.0. The second kappa shape index (κ2) is 10.9. The third-order valence-corrected chi connectivity index (χ3v) is 5.73. The van der Waals surface area contributed by atoms with Crippen molar-refractivity contribution in [2.24, 2.45) is 5.92 Å². The van der Waals surface area contributed by atoms with E-state index in [1.54, 1.807) is 22.6 Å². The van der Waals surface area contributed by atoms with Gasteiger partial charge in [-0.05, 0) is 24.5 Å². The lowest BCUT2D eigenvalue weighted by atomic mass is 10.1. The summed E-state index contributed by atoms with van der Waals surface area (Å²) in [5.74, 6) is 1.21. The van der Waals surface area contributed by atoms with Gasteiger partial charge in [-0.1, -0.05) is 44.7 Å². The van der Waals surface area contributed by atoms with Crippen molar-refractivity contribution in [1.82, 2.24) is 25.1 Å². The second-order valence-electron chi connectivity index (χ2n) is 7.88. The molecule has 3 aromatic rings. The van der Waals surface area contributed by atoms with Crippen LogP contribution in [-0.4, -0.2) is 44.5 Å². The van der Waals surface area contributed by atoms with Crippen LogP contribution in [0, 0.1) is 5.92 Å². The lowest BCUT2D eigenvalue weighted by Crippen LogP contribution is -2.29. The molecule has 0 unspecified atom stereocenters. The van der Waals surface area contributed by atoms with Gasteiger partial charge in [0.2, 0.25) is 0 Å². The minimum atomic E-state index is -4.60. The zero-order valence-electron chi connectivity index (χ0n) is 18.7. The molecule has 2 N–H and O–H groups in total. The summed E-state index contributed by atoms with van der Waals surface area (Å²) in [4.78, 5) is 21.6. The largest absolute Gasteiger partial charge is 0.417 e. The highest BCUT2D eigenvalue weighted by Crippen LogP contribution is 2.31. The Hall–Kier alpha value is -2.82. The number of nitrogens with zero attached hydrogens (tertiary/aromatic N) is 4. The average Bonchev–Trinajstić information content (AvgIpc) is 3.18. The number of nitrogens with one attached hydrogen (secondary N) is 2. The fourth-order valence-corrected chi connectivity index (χ4v) is 3.78. The summed E-state index contributed by atoms with van der Waals surface area (Å²) >= 11 is 1.55. The molecule has 7 nitrogen and oxygen atoms in total. The molecular formula is C22H27F3N6OS. The highest BCUT2D eigenvalue weighted by molar-refractivity contribution is 7.99. The Bertz CT molecular complexity index is 1100. The van der Waals surface area contributed by atoms with Gasteiger partial charge in [0, 0.05) is 18.8 Å². The molecule has 2 heterocycles. The number of fused-ring (bicyclic) bond motifs is 1. The molecule has 2 aromatic heterocycles. The number of anilines is 1. The lowest BCUT2D eigenvalue weighted by molar-refractivity contribution is -0.137. The molecule has 0 fully saturated rings. The number of aromatic nitrogens is 4.